The van der Waals surface area contributed by atoms with Crippen LogP contribution in [0.25, 0.3) is 0 Å². The molecular weight excluding hydrogens is 224 g/mol. The number of hydrogen-bond acceptors (Lipinski definition) is 2. The van der Waals surface area contributed by atoms with Crippen LogP contribution in [0.4, 0.5) is 0 Å². The summed E-state index contributed by atoms with van der Waals surface area (Å²) in [6.07, 6.45) is 2.26. The number of hydrogen-bond donors (Lipinski definition) is 1. The van der Waals surface area contributed by atoms with Gasteiger partial charge in [0.25, 0.3) is 5.91 Å². The quantitative estimate of drug-likeness (QED) is 0.887. The van der Waals surface area contributed by atoms with Crippen LogP contribution in [0.3, 0.4) is 0 Å². The Morgan fingerprint density at radius 2 is 2.11 bits per heavy atom. The number of carbonyl (C=O) groups is 1. The molecule has 1 unspecified atom stereocenters. The van der Waals surface area contributed by atoms with Crippen molar-refractivity contribution in [2.24, 2.45) is 0 Å². The number of amides is 1. The van der Waals surface area contributed by atoms with E-state index in [1.807, 2.05) is 31.2 Å². The Morgan fingerprint density at radius 1 is 1.39 bits per heavy atom. The molecule has 1 heterocycles. The third-order valence-corrected chi connectivity index (χ3v) is 3.60. The molecule has 1 aliphatic rings. The third kappa shape index (κ3) is 3.33. The Hall–Kier alpha value is -1.35. The molecule has 1 fully saturated rings. The lowest BCUT2D eigenvalue weighted by atomic mass is 10.0. The Bertz CT molecular complexity index is 399. The lowest BCUT2D eigenvalue weighted by Gasteiger charge is -2.32. The first-order valence-electron chi connectivity index (χ1n) is 6.79. The van der Waals surface area contributed by atoms with E-state index in [9.17, 15) is 4.79 Å². The zero-order chi connectivity index (χ0) is 13.0. The third-order valence-electron chi connectivity index (χ3n) is 3.60. The molecule has 0 saturated carbocycles. The lowest BCUT2D eigenvalue weighted by Crippen LogP contribution is -2.47. The van der Waals surface area contributed by atoms with Crippen molar-refractivity contribution in [3.05, 3.63) is 35.4 Å². The normalized spacial score (nSPS) is 20.7. The fraction of sp³-hybridized carbons (Fsp3) is 0.533. The van der Waals surface area contributed by atoms with Gasteiger partial charge in [0.05, 0.1) is 0 Å². The van der Waals surface area contributed by atoms with Crippen molar-refractivity contribution in [2.75, 3.05) is 19.6 Å². The van der Waals surface area contributed by atoms with Gasteiger partial charge in [-0.1, -0.05) is 24.6 Å². The van der Waals surface area contributed by atoms with E-state index in [0.717, 1.165) is 31.6 Å². The van der Waals surface area contributed by atoms with E-state index in [4.69, 9.17) is 0 Å². The zero-order valence-corrected chi connectivity index (χ0v) is 11.3. The molecule has 1 atom stereocenters. The van der Waals surface area contributed by atoms with Gasteiger partial charge in [0.1, 0.15) is 0 Å². The lowest BCUT2D eigenvalue weighted by molar-refractivity contribution is 0.0906. The van der Waals surface area contributed by atoms with Gasteiger partial charge in [-0.05, 0) is 45.0 Å². The van der Waals surface area contributed by atoms with Crippen LogP contribution in [-0.2, 0) is 0 Å². The summed E-state index contributed by atoms with van der Waals surface area (Å²) in [4.78, 5) is 14.5. The number of benzene rings is 1. The van der Waals surface area contributed by atoms with Crippen LogP contribution in [0.1, 0.15) is 35.7 Å². The van der Waals surface area contributed by atoms with Crippen LogP contribution in [0.15, 0.2) is 24.3 Å². The molecular formula is C15H22N2O. The van der Waals surface area contributed by atoms with Crippen LogP contribution in [-0.4, -0.2) is 36.5 Å². The van der Waals surface area contributed by atoms with E-state index in [0.29, 0.717) is 6.04 Å². The van der Waals surface area contributed by atoms with E-state index in [2.05, 4.69) is 17.1 Å². The van der Waals surface area contributed by atoms with Crippen LogP contribution in [0.2, 0.25) is 0 Å². The minimum absolute atomic E-state index is 0.0537. The van der Waals surface area contributed by atoms with Gasteiger partial charge in [-0.3, -0.25) is 4.79 Å². The molecule has 1 saturated heterocycles. The first-order valence-corrected chi connectivity index (χ1v) is 6.79. The maximum absolute atomic E-state index is 12.1. The summed E-state index contributed by atoms with van der Waals surface area (Å²) in [5.41, 5.74) is 1.94. The average Bonchev–Trinajstić information content (AvgIpc) is 2.39. The molecule has 1 aromatic rings. The Balaban J connectivity index is 1.92. The predicted octanol–water partition coefficient (Wildman–Crippen LogP) is 2.21. The summed E-state index contributed by atoms with van der Waals surface area (Å²) < 4.78 is 0. The van der Waals surface area contributed by atoms with Gasteiger partial charge in [0.2, 0.25) is 0 Å². The molecule has 0 bridgehead atoms. The molecule has 1 aromatic carbocycles. The number of likely N-dealkylation sites (tertiary alicyclic amines) is 1. The van der Waals surface area contributed by atoms with Gasteiger partial charge in [-0.2, -0.15) is 0 Å². The molecule has 3 nitrogen and oxygen atoms in total. The highest BCUT2D eigenvalue weighted by Crippen LogP contribution is 2.11. The second-order valence-electron chi connectivity index (χ2n) is 5.07. The van der Waals surface area contributed by atoms with Crippen molar-refractivity contribution in [1.82, 2.24) is 10.2 Å². The number of rotatable bonds is 3. The number of piperidine rings is 1. The van der Waals surface area contributed by atoms with Crippen LogP contribution in [0.5, 0.6) is 0 Å². The summed E-state index contributed by atoms with van der Waals surface area (Å²) in [6, 6.07) is 8.05. The van der Waals surface area contributed by atoms with E-state index < -0.39 is 0 Å². The number of nitrogens with one attached hydrogen (secondary N) is 1. The van der Waals surface area contributed by atoms with Crippen molar-refractivity contribution < 1.29 is 4.79 Å². The summed E-state index contributed by atoms with van der Waals surface area (Å²) in [6.45, 7) is 7.41. The summed E-state index contributed by atoms with van der Waals surface area (Å²) >= 11 is 0. The molecule has 0 radical (unpaired) electrons. The molecule has 1 aliphatic heterocycles. The van der Waals surface area contributed by atoms with Gasteiger partial charge in [0.15, 0.2) is 0 Å². The van der Waals surface area contributed by atoms with Crippen LogP contribution >= 0.6 is 0 Å². The predicted molar refractivity (Wildman–Crippen MR) is 73.8 cm³/mol. The van der Waals surface area contributed by atoms with Crippen LogP contribution in [0, 0.1) is 6.92 Å². The number of aryl methyl sites for hydroxylation is 1. The van der Waals surface area contributed by atoms with E-state index in [1.54, 1.807) is 0 Å². The Morgan fingerprint density at radius 3 is 2.78 bits per heavy atom. The molecule has 98 valence electrons. The van der Waals surface area contributed by atoms with Crippen molar-refractivity contribution >= 4 is 5.91 Å². The summed E-state index contributed by atoms with van der Waals surface area (Å²) in [5.74, 6) is 0.0537. The van der Waals surface area contributed by atoms with E-state index in [-0.39, 0.29) is 5.91 Å². The molecule has 18 heavy (non-hydrogen) atoms. The minimum atomic E-state index is 0.0537. The van der Waals surface area contributed by atoms with Gasteiger partial charge in [-0.15, -0.1) is 0 Å². The molecule has 0 aliphatic carbocycles. The summed E-state index contributed by atoms with van der Waals surface area (Å²) in [5, 5.41) is 3.14. The SMILES string of the molecule is CCN1CCCC(NC(=O)c2ccc(C)cc2)C1. The van der Waals surface area contributed by atoms with Crippen molar-refractivity contribution in [3.8, 4) is 0 Å². The fourth-order valence-corrected chi connectivity index (χ4v) is 2.43. The minimum Gasteiger partial charge on any atom is -0.348 e. The Labute approximate surface area is 109 Å². The van der Waals surface area contributed by atoms with Gasteiger partial charge < -0.3 is 10.2 Å². The fourth-order valence-electron chi connectivity index (χ4n) is 2.43. The molecule has 1 amide bonds. The monoisotopic (exact) mass is 246 g/mol. The molecule has 3 heteroatoms. The summed E-state index contributed by atoms with van der Waals surface area (Å²) in [7, 11) is 0. The zero-order valence-electron chi connectivity index (χ0n) is 11.3. The number of carbonyl (C=O) groups excluding carboxylic acids is 1. The van der Waals surface area contributed by atoms with Crippen molar-refractivity contribution in [1.29, 1.82) is 0 Å². The second-order valence-corrected chi connectivity index (χ2v) is 5.07. The number of likely N-dealkylation sites (N-methyl/N-ethyl adjacent to an activating group) is 1. The maximum atomic E-state index is 12.1. The van der Waals surface area contributed by atoms with Gasteiger partial charge >= 0.3 is 0 Å². The smallest absolute Gasteiger partial charge is 0.251 e. The van der Waals surface area contributed by atoms with E-state index >= 15 is 0 Å². The maximum Gasteiger partial charge on any atom is 0.251 e. The highest BCUT2D eigenvalue weighted by Gasteiger charge is 2.20. The average molecular weight is 246 g/mol. The highest BCUT2D eigenvalue weighted by atomic mass is 16.1. The van der Waals surface area contributed by atoms with Gasteiger partial charge in [0, 0.05) is 18.2 Å². The first kappa shape index (κ1) is 13.1. The molecule has 2 rings (SSSR count). The first-order chi connectivity index (χ1) is 8.69. The molecule has 0 spiro atoms. The molecule has 0 aromatic heterocycles. The van der Waals surface area contributed by atoms with Crippen molar-refractivity contribution in [2.45, 2.75) is 32.7 Å². The second kappa shape index (κ2) is 6.01. The van der Waals surface area contributed by atoms with Gasteiger partial charge in [-0.25, -0.2) is 0 Å². The largest absolute Gasteiger partial charge is 0.348 e. The van der Waals surface area contributed by atoms with E-state index in [1.165, 1.54) is 12.0 Å². The van der Waals surface area contributed by atoms with Crippen molar-refractivity contribution in [3.63, 3.8) is 0 Å². The highest BCUT2D eigenvalue weighted by molar-refractivity contribution is 5.94. The Kier molecular flexibility index (Phi) is 4.37. The molecule has 1 N–H and O–H groups in total. The standard InChI is InChI=1S/C15H22N2O/c1-3-17-10-4-5-14(11-17)16-15(18)13-8-6-12(2)7-9-13/h6-9,14H,3-5,10-11H2,1-2H3,(H,16,18). The van der Waals surface area contributed by atoms with Crippen LogP contribution < -0.4 is 5.32 Å². The topological polar surface area (TPSA) is 32.3 Å². The number of nitrogens with zero attached hydrogens (tertiary/aromatic N) is 1.